The number of aryl methyl sites for hydroxylation is 2. The molecular weight excluding hydrogens is 317 g/mol. The van der Waals surface area contributed by atoms with Crippen LogP contribution in [0.1, 0.15) is 36.4 Å². The number of nitrogens with two attached hydrogens (primary N) is 1. The van der Waals surface area contributed by atoms with Gasteiger partial charge in [0.1, 0.15) is 0 Å². The molecule has 1 atom stereocenters. The molecule has 0 bridgehead atoms. The molecule has 20 heavy (non-hydrogen) atoms. The molecule has 2 rings (SSSR count). The highest BCUT2D eigenvalue weighted by atomic mass is 35.5. The molecule has 1 aromatic rings. The molecule has 1 unspecified atom stereocenters. The summed E-state index contributed by atoms with van der Waals surface area (Å²) >= 11 is 1.67. The van der Waals surface area contributed by atoms with Crippen molar-refractivity contribution in [1.29, 1.82) is 0 Å². The third-order valence-corrected chi connectivity index (χ3v) is 4.12. The summed E-state index contributed by atoms with van der Waals surface area (Å²) in [5, 5.41) is 3.18. The first-order valence-corrected chi connectivity index (χ1v) is 7.47. The Balaban J connectivity index is 0.00000180. The summed E-state index contributed by atoms with van der Waals surface area (Å²) in [6.45, 7) is 3.62. The summed E-state index contributed by atoms with van der Waals surface area (Å²) in [7, 11) is 0. The summed E-state index contributed by atoms with van der Waals surface area (Å²) in [5.74, 6) is 0.247. The number of carbonyl (C=O) groups excluding carboxylic acids is 1. The number of likely N-dealkylation sites (tertiary alicyclic amines) is 1. The van der Waals surface area contributed by atoms with E-state index in [0.717, 1.165) is 49.5 Å². The fourth-order valence-electron chi connectivity index (χ4n) is 2.34. The van der Waals surface area contributed by atoms with Crippen molar-refractivity contribution in [3.8, 4) is 0 Å². The summed E-state index contributed by atoms with van der Waals surface area (Å²) in [5.41, 5.74) is 6.99. The van der Waals surface area contributed by atoms with Gasteiger partial charge in [0.05, 0.1) is 10.7 Å². The van der Waals surface area contributed by atoms with Crippen LogP contribution in [0.5, 0.6) is 0 Å². The van der Waals surface area contributed by atoms with E-state index in [4.69, 9.17) is 5.73 Å². The van der Waals surface area contributed by atoms with Crippen LogP contribution in [0.3, 0.4) is 0 Å². The van der Waals surface area contributed by atoms with Crippen LogP contribution in [0.25, 0.3) is 0 Å². The molecule has 7 heteroatoms. The minimum atomic E-state index is 0. The van der Waals surface area contributed by atoms with Crippen LogP contribution in [0.15, 0.2) is 5.38 Å². The molecule has 1 fully saturated rings. The molecule has 0 aromatic carbocycles. The Hall–Kier alpha value is -0.360. The van der Waals surface area contributed by atoms with Gasteiger partial charge in [-0.2, -0.15) is 0 Å². The van der Waals surface area contributed by atoms with Crippen molar-refractivity contribution >= 4 is 42.1 Å². The molecule has 1 aliphatic rings. The molecule has 0 spiro atoms. The zero-order chi connectivity index (χ0) is 13.0. The summed E-state index contributed by atoms with van der Waals surface area (Å²) in [6.07, 6.45) is 4.48. The van der Waals surface area contributed by atoms with E-state index in [1.165, 1.54) is 0 Å². The number of hydrogen-bond donors (Lipinski definition) is 1. The Morgan fingerprint density at radius 3 is 2.90 bits per heavy atom. The highest BCUT2D eigenvalue weighted by molar-refractivity contribution is 7.09. The Morgan fingerprint density at radius 1 is 1.55 bits per heavy atom. The van der Waals surface area contributed by atoms with E-state index in [0.29, 0.717) is 6.42 Å². The zero-order valence-electron chi connectivity index (χ0n) is 11.7. The van der Waals surface area contributed by atoms with Crippen molar-refractivity contribution in [2.75, 3.05) is 13.1 Å². The number of rotatable bonds is 4. The lowest BCUT2D eigenvalue weighted by atomic mass is 10.1. The first-order chi connectivity index (χ1) is 8.65. The third kappa shape index (κ3) is 5.95. The van der Waals surface area contributed by atoms with Gasteiger partial charge in [-0.15, -0.1) is 36.2 Å². The average Bonchev–Trinajstić information content (AvgIpc) is 2.75. The number of aromatic nitrogens is 1. The normalized spacial score (nSPS) is 18.1. The van der Waals surface area contributed by atoms with E-state index in [1.54, 1.807) is 11.3 Å². The Kier molecular flexibility index (Phi) is 9.38. The van der Waals surface area contributed by atoms with Crippen LogP contribution in [0, 0.1) is 6.92 Å². The topological polar surface area (TPSA) is 59.2 Å². The lowest BCUT2D eigenvalue weighted by Gasteiger charge is -2.30. The van der Waals surface area contributed by atoms with E-state index in [9.17, 15) is 4.79 Å². The second kappa shape index (κ2) is 9.55. The predicted molar refractivity (Wildman–Crippen MR) is 88.1 cm³/mol. The molecule has 1 amide bonds. The monoisotopic (exact) mass is 339 g/mol. The van der Waals surface area contributed by atoms with Crippen LogP contribution in [-0.2, 0) is 11.2 Å². The quantitative estimate of drug-likeness (QED) is 0.916. The summed E-state index contributed by atoms with van der Waals surface area (Å²) < 4.78 is 0. The van der Waals surface area contributed by atoms with E-state index < -0.39 is 0 Å². The largest absolute Gasteiger partial charge is 0.341 e. The number of nitrogens with zero attached hydrogens (tertiary/aromatic N) is 2. The van der Waals surface area contributed by atoms with Gasteiger partial charge in [0.2, 0.25) is 5.91 Å². The van der Waals surface area contributed by atoms with Crippen molar-refractivity contribution in [3.63, 3.8) is 0 Å². The van der Waals surface area contributed by atoms with E-state index in [2.05, 4.69) is 10.4 Å². The lowest BCUT2D eigenvalue weighted by molar-refractivity contribution is -0.132. The standard InChI is InChI=1S/C13H21N3OS.2ClH/c1-10-15-12(9-18-10)5-2-6-13(17)16-7-3-4-11(14)8-16;;/h9,11H,2-8,14H2,1H3;2*1H. The molecule has 4 nitrogen and oxygen atoms in total. The molecule has 0 radical (unpaired) electrons. The number of thiazole rings is 1. The van der Waals surface area contributed by atoms with Gasteiger partial charge in [0.25, 0.3) is 0 Å². The van der Waals surface area contributed by atoms with Gasteiger partial charge in [0.15, 0.2) is 0 Å². The molecule has 0 saturated carbocycles. The highest BCUT2D eigenvalue weighted by Gasteiger charge is 2.20. The maximum atomic E-state index is 12.0. The smallest absolute Gasteiger partial charge is 0.222 e. The van der Waals surface area contributed by atoms with Gasteiger partial charge in [-0.1, -0.05) is 0 Å². The lowest BCUT2D eigenvalue weighted by Crippen LogP contribution is -2.45. The minimum absolute atomic E-state index is 0. The van der Waals surface area contributed by atoms with Crippen molar-refractivity contribution < 1.29 is 4.79 Å². The summed E-state index contributed by atoms with van der Waals surface area (Å²) in [4.78, 5) is 18.3. The van der Waals surface area contributed by atoms with Gasteiger partial charge < -0.3 is 10.6 Å². The van der Waals surface area contributed by atoms with Gasteiger partial charge >= 0.3 is 0 Å². The second-order valence-corrected chi connectivity index (χ2v) is 6.02. The van der Waals surface area contributed by atoms with Crippen LogP contribution in [0.2, 0.25) is 0 Å². The zero-order valence-corrected chi connectivity index (χ0v) is 14.2. The number of carbonyl (C=O) groups is 1. The van der Waals surface area contributed by atoms with Gasteiger partial charge in [-0.3, -0.25) is 4.79 Å². The SMILES string of the molecule is Cc1nc(CCCC(=O)N2CCCC(N)C2)cs1.Cl.Cl. The average molecular weight is 340 g/mol. The molecule has 2 heterocycles. The van der Waals surface area contributed by atoms with E-state index in [-0.39, 0.29) is 36.8 Å². The summed E-state index contributed by atoms with van der Waals surface area (Å²) in [6, 6.07) is 0.170. The van der Waals surface area contributed by atoms with Gasteiger partial charge in [-0.25, -0.2) is 4.98 Å². The number of amides is 1. The second-order valence-electron chi connectivity index (χ2n) is 4.95. The molecule has 1 aromatic heterocycles. The maximum Gasteiger partial charge on any atom is 0.222 e. The number of piperidine rings is 1. The molecular formula is C13H23Cl2N3OS. The highest BCUT2D eigenvalue weighted by Crippen LogP contribution is 2.13. The van der Waals surface area contributed by atoms with Crippen molar-refractivity contribution in [2.45, 2.75) is 45.1 Å². The van der Waals surface area contributed by atoms with E-state index >= 15 is 0 Å². The Bertz CT molecular complexity index is 414. The van der Waals surface area contributed by atoms with Gasteiger partial charge in [0, 0.05) is 30.9 Å². The fraction of sp³-hybridized carbons (Fsp3) is 0.692. The maximum absolute atomic E-state index is 12.0. The van der Waals surface area contributed by atoms with Crippen LogP contribution < -0.4 is 5.73 Å². The van der Waals surface area contributed by atoms with E-state index in [1.807, 2.05) is 11.8 Å². The van der Waals surface area contributed by atoms with Crippen LogP contribution in [-0.4, -0.2) is 34.9 Å². The van der Waals surface area contributed by atoms with Gasteiger partial charge in [-0.05, 0) is 32.6 Å². The third-order valence-electron chi connectivity index (χ3n) is 3.30. The molecule has 116 valence electrons. The Morgan fingerprint density at radius 2 is 2.30 bits per heavy atom. The first-order valence-electron chi connectivity index (χ1n) is 6.59. The first kappa shape index (κ1) is 19.6. The van der Waals surface area contributed by atoms with Crippen molar-refractivity contribution in [2.24, 2.45) is 5.73 Å². The number of halogens is 2. The molecule has 0 aliphatic carbocycles. The molecule has 1 saturated heterocycles. The van der Waals surface area contributed by atoms with Crippen molar-refractivity contribution in [1.82, 2.24) is 9.88 Å². The van der Waals surface area contributed by atoms with Crippen molar-refractivity contribution in [3.05, 3.63) is 16.1 Å². The fourth-order valence-corrected chi connectivity index (χ4v) is 2.99. The predicted octanol–water partition coefficient (Wildman–Crippen LogP) is 2.57. The molecule has 2 N–H and O–H groups in total. The Labute approximate surface area is 137 Å². The molecule has 1 aliphatic heterocycles. The van der Waals surface area contributed by atoms with Crippen LogP contribution >= 0.6 is 36.2 Å². The van der Waals surface area contributed by atoms with Crippen LogP contribution in [0.4, 0.5) is 0 Å². The number of hydrogen-bond acceptors (Lipinski definition) is 4. The minimum Gasteiger partial charge on any atom is -0.341 e.